The maximum absolute atomic E-state index is 13.7. The third-order valence-corrected chi connectivity index (χ3v) is 3.53. The molecule has 0 saturated heterocycles. The van der Waals surface area contributed by atoms with Crippen LogP contribution in [0.1, 0.15) is 63.5 Å². The Morgan fingerprint density at radius 1 is 1.05 bits per heavy atom. The first-order valence-corrected chi connectivity index (χ1v) is 7.31. The number of halogens is 2. The molecule has 19 heavy (non-hydrogen) atoms. The summed E-state index contributed by atoms with van der Waals surface area (Å²) in [5.41, 5.74) is 0.441. The molecule has 1 nitrogen and oxygen atoms in total. The molecule has 1 N–H and O–H groups in total. The van der Waals surface area contributed by atoms with Crippen molar-refractivity contribution >= 4 is 0 Å². The average molecular weight is 269 g/mol. The van der Waals surface area contributed by atoms with E-state index in [2.05, 4.69) is 12.2 Å². The lowest BCUT2D eigenvalue weighted by molar-refractivity contribution is 0.472. The van der Waals surface area contributed by atoms with Gasteiger partial charge in [0.05, 0.1) is 0 Å². The van der Waals surface area contributed by atoms with Gasteiger partial charge in [-0.2, -0.15) is 0 Å². The molecular formula is C16H25F2N. The molecule has 0 fully saturated rings. The molecule has 1 atom stereocenters. The van der Waals surface area contributed by atoms with Crippen LogP contribution in [0.3, 0.4) is 0 Å². The second-order valence-electron chi connectivity index (χ2n) is 5.06. The van der Waals surface area contributed by atoms with Gasteiger partial charge in [0.2, 0.25) is 0 Å². The molecular weight excluding hydrogens is 244 g/mol. The fourth-order valence-electron chi connectivity index (χ4n) is 2.37. The van der Waals surface area contributed by atoms with Gasteiger partial charge < -0.3 is 5.32 Å². The van der Waals surface area contributed by atoms with Gasteiger partial charge in [0.15, 0.2) is 0 Å². The Morgan fingerprint density at radius 2 is 1.74 bits per heavy atom. The minimum absolute atomic E-state index is 0.0955. The first-order valence-electron chi connectivity index (χ1n) is 7.31. The zero-order valence-electron chi connectivity index (χ0n) is 12.0. The van der Waals surface area contributed by atoms with Gasteiger partial charge in [-0.25, -0.2) is 8.78 Å². The molecule has 0 aliphatic heterocycles. The lowest BCUT2D eigenvalue weighted by Gasteiger charge is -2.17. The van der Waals surface area contributed by atoms with E-state index in [0.717, 1.165) is 25.3 Å². The van der Waals surface area contributed by atoms with Crippen LogP contribution in [-0.2, 0) is 0 Å². The summed E-state index contributed by atoms with van der Waals surface area (Å²) < 4.78 is 26.9. The molecule has 1 unspecified atom stereocenters. The summed E-state index contributed by atoms with van der Waals surface area (Å²) in [4.78, 5) is 0. The van der Waals surface area contributed by atoms with Gasteiger partial charge >= 0.3 is 0 Å². The fraction of sp³-hybridized carbons (Fsp3) is 0.625. The summed E-state index contributed by atoms with van der Waals surface area (Å²) in [7, 11) is 1.80. The molecule has 1 aromatic rings. The van der Waals surface area contributed by atoms with Crippen molar-refractivity contribution in [3.8, 4) is 0 Å². The Labute approximate surface area is 115 Å². The standard InChI is InChI=1S/C16H25F2N/c1-3-4-5-6-7-8-9-16(19-2)14-12-13(17)10-11-15(14)18/h10-12,16,19H,3-9H2,1-2H3. The molecule has 0 saturated carbocycles. The second kappa shape index (κ2) is 9.03. The summed E-state index contributed by atoms with van der Waals surface area (Å²) in [6.45, 7) is 2.20. The Morgan fingerprint density at radius 3 is 2.42 bits per heavy atom. The van der Waals surface area contributed by atoms with Crippen LogP contribution in [0.15, 0.2) is 18.2 Å². The van der Waals surface area contributed by atoms with Crippen molar-refractivity contribution in [2.75, 3.05) is 7.05 Å². The highest BCUT2D eigenvalue weighted by molar-refractivity contribution is 5.22. The van der Waals surface area contributed by atoms with E-state index in [9.17, 15) is 8.78 Å². The van der Waals surface area contributed by atoms with Crippen LogP contribution >= 0.6 is 0 Å². The monoisotopic (exact) mass is 269 g/mol. The Bertz CT molecular complexity index is 366. The number of nitrogens with one attached hydrogen (secondary N) is 1. The van der Waals surface area contributed by atoms with Gasteiger partial charge in [0.25, 0.3) is 0 Å². The van der Waals surface area contributed by atoms with E-state index in [1.54, 1.807) is 7.05 Å². The lowest BCUT2D eigenvalue weighted by Crippen LogP contribution is -2.18. The van der Waals surface area contributed by atoms with E-state index in [1.807, 2.05) is 0 Å². The van der Waals surface area contributed by atoms with Crippen LogP contribution in [0.4, 0.5) is 8.78 Å². The van der Waals surface area contributed by atoms with E-state index in [-0.39, 0.29) is 17.7 Å². The highest BCUT2D eigenvalue weighted by Gasteiger charge is 2.14. The van der Waals surface area contributed by atoms with Crippen molar-refractivity contribution in [3.63, 3.8) is 0 Å². The predicted molar refractivity (Wildman–Crippen MR) is 76.2 cm³/mol. The molecule has 3 heteroatoms. The molecule has 1 rings (SSSR count). The number of hydrogen-bond donors (Lipinski definition) is 1. The minimum Gasteiger partial charge on any atom is -0.313 e. The zero-order valence-corrected chi connectivity index (χ0v) is 12.0. The van der Waals surface area contributed by atoms with E-state index in [1.165, 1.54) is 37.8 Å². The number of hydrogen-bond acceptors (Lipinski definition) is 1. The Hall–Kier alpha value is -0.960. The van der Waals surface area contributed by atoms with Gasteiger partial charge in [-0.15, -0.1) is 0 Å². The summed E-state index contributed by atoms with van der Waals surface area (Å²) in [6, 6.07) is 3.57. The molecule has 1 aromatic carbocycles. The van der Waals surface area contributed by atoms with Gasteiger partial charge in [-0.3, -0.25) is 0 Å². The number of rotatable bonds is 9. The highest BCUT2D eigenvalue weighted by Crippen LogP contribution is 2.23. The zero-order chi connectivity index (χ0) is 14.1. The normalized spacial score (nSPS) is 12.6. The fourth-order valence-corrected chi connectivity index (χ4v) is 2.37. The van der Waals surface area contributed by atoms with E-state index < -0.39 is 0 Å². The largest absolute Gasteiger partial charge is 0.313 e. The lowest BCUT2D eigenvalue weighted by atomic mass is 9.99. The second-order valence-corrected chi connectivity index (χ2v) is 5.06. The first-order chi connectivity index (χ1) is 9.19. The quantitative estimate of drug-likeness (QED) is 0.624. The maximum Gasteiger partial charge on any atom is 0.128 e. The molecule has 0 aliphatic rings. The van der Waals surface area contributed by atoms with Crippen molar-refractivity contribution in [3.05, 3.63) is 35.4 Å². The highest BCUT2D eigenvalue weighted by atomic mass is 19.1. The van der Waals surface area contributed by atoms with Gasteiger partial charge in [-0.05, 0) is 31.7 Å². The van der Waals surface area contributed by atoms with Crippen LogP contribution in [0.25, 0.3) is 0 Å². The van der Waals surface area contributed by atoms with Crippen molar-refractivity contribution < 1.29 is 8.78 Å². The summed E-state index contributed by atoms with van der Waals surface area (Å²) in [5, 5.41) is 3.08. The smallest absolute Gasteiger partial charge is 0.128 e. The predicted octanol–water partition coefficient (Wildman–Crippen LogP) is 4.98. The van der Waals surface area contributed by atoms with Gasteiger partial charge in [0.1, 0.15) is 11.6 Å². The maximum atomic E-state index is 13.7. The summed E-state index contributed by atoms with van der Waals surface area (Å²) >= 11 is 0. The van der Waals surface area contributed by atoms with Crippen molar-refractivity contribution in [2.45, 2.75) is 57.9 Å². The third-order valence-electron chi connectivity index (χ3n) is 3.53. The molecule has 0 bridgehead atoms. The van der Waals surface area contributed by atoms with E-state index >= 15 is 0 Å². The van der Waals surface area contributed by atoms with Crippen LogP contribution in [0, 0.1) is 11.6 Å². The third kappa shape index (κ3) is 5.68. The average Bonchev–Trinajstić information content (AvgIpc) is 2.41. The van der Waals surface area contributed by atoms with Crippen LogP contribution in [-0.4, -0.2) is 7.05 Å². The van der Waals surface area contributed by atoms with E-state index in [0.29, 0.717) is 5.56 Å². The molecule has 0 heterocycles. The van der Waals surface area contributed by atoms with Crippen LogP contribution in [0.2, 0.25) is 0 Å². The summed E-state index contributed by atoms with van der Waals surface area (Å²) in [6.07, 6.45) is 8.09. The Kier molecular flexibility index (Phi) is 7.65. The molecule has 0 aliphatic carbocycles. The molecule has 0 spiro atoms. The topological polar surface area (TPSA) is 12.0 Å². The molecule has 0 radical (unpaired) electrons. The number of unbranched alkanes of at least 4 members (excludes halogenated alkanes) is 5. The van der Waals surface area contributed by atoms with E-state index in [4.69, 9.17) is 0 Å². The molecule has 0 aromatic heterocycles. The van der Waals surface area contributed by atoms with Gasteiger partial charge in [-0.1, -0.05) is 45.4 Å². The van der Waals surface area contributed by atoms with Crippen molar-refractivity contribution in [1.82, 2.24) is 5.32 Å². The number of benzene rings is 1. The summed E-state index contributed by atoms with van der Waals surface area (Å²) in [5.74, 6) is -0.702. The van der Waals surface area contributed by atoms with Crippen LogP contribution in [0.5, 0.6) is 0 Å². The SMILES string of the molecule is CCCCCCCCC(NC)c1cc(F)ccc1F. The molecule has 108 valence electrons. The molecule has 0 amide bonds. The minimum atomic E-state index is -0.375. The van der Waals surface area contributed by atoms with Gasteiger partial charge in [0, 0.05) is 11.6 Å². The van der Waals surface area contributed by atoms with Crippen molar-refractivity contribution in [2.24, 2.45) is 0 Å². The Balaban J connectivity index is 2.42. The first kappa shape index (κ1) is 16.1. The van der Waals surface area contributed by atoms with Crippen LogP contribution < -0.4 is 5.32 Å². The van der Waals surface area contributed by atoms with Crippen molar-refractivity contribution in [1.29, 1.82) is 0 Å².